The van der Waals surface area contributed by atoms with Crippen molar-refractivity contribution in [2.75, 3.05) is 13.2 Å². The zero-order chi connectivity index (χ0) is 10.9. The van der Waals surface area contributed by atoms with Gasteiger partial charge in [-0.3, -0.25) is 0 Å². The van der Waals surface area contributed by atoms with Crippen molar-refractivity contribution in [3.63, 3.8) is 0 Å². The highest BCUT2D eigenvalue weighted by Crippen LogP contribution is 2.40. The van der Waals surface area contributed by atoms with Gasteiger partial charge in [0.1, 0.15) is 11.5 Å². The molecule has 1 fully saturated rings. The summed E-state index contributed by atoms with van der Waals surface area (Å²) in [4.78, 5) is 3.93. The number of aromatic nitrogens is 2. The minimum absolute atomic E-state index is 0.288. The minimum atomic E-state index is -0.836. The summed E-state index contributed by atoms with van der Waals surface area (Å²) in [7, 11) is 1.80. The fraction of sp³-hybridized carbons (Fsp3) is 0.600. The summed E-state index contributed by atoms with van der Waals surface area (Å²) < 4.78 is 6.92. The van der Waals surface area contributed by atoms with Gasteiger partial charge >= 0.3 is 0 Å². The summed E-state index contributed by atoms with van der Waals surface area (Å²) >= 11 is 0. The number of aliphatic hydroxyl groups excluding tert-OH is 1. The fourth-order valence-corrected chi connectivity index (χ4v) is 1.86. The average Bonchev–Trinajstić information content (AvgIpc) is 2.86. The maximum atomic E-state index is 10.2. The third-order valence-corrected chi connectivity index (χ3v) is 2.93. The lowest BCUT2D eigenvalue weighted by molar-refractivity contribution is 0.0453. The first-order valence-corrected chi connectivity index (χ1v) is 4.83. The average molecular weight is 207 g/mol. The lowest BCUT2D eigenvalue weighted by atomic mass is 9.81. The quantitative estimate of drug-likeness (QED) is 0.761. The molecular weight excluding hydrogens is 194 g/mol. The van der Waals surface area contributed by atoms with Crippen molar-refractivity contribution in [3.05, 3.63) is 18.2 Å². The molecule has 1 aromatic rings. The molecule has 2 unspecified atom stereocenters. The summed E-state index contributed by atoms with van der Waals surface area (Å²) in [5.74, 6) is 0. The molecule has 2 rings (SSSR count). The van der Waals surface area contributed by atoms with Crippen LogP contribution in [0.1, 0.15) is 18.2 Å². The van der Waals surface area contributed by atoms with Crippen molar-refractivity contribution < 1.29 is 9.84 Å². The molecule has 2 heterocycles. The summed E-state index contributed by atoms with van der Waals surface area (Å²) in [6, 6.07) is 2.18. The molecule has 2 atom stereocenters. The lowest BCUT2D eigenvalue weighted by Gasteiger charge is -2.25. The Bertz CT molecular complexity index is 388. The standard InChI is InChI=1S/C10H13N3O2/c1-13-7-12-4-8(13)9(14)10(5-11)2-3-15-6-10/h4,7,9,14H,2-3,6H2,1H3. The van der Waals surface area contributed by atoms with Crippen LogP contribution in [0.25, 0.3) is 0 Å². The number of rotatable bonds is 2. The van der Waals surface area contributed by atoms with E-state index >= 15 is 0 Å². The zero-order valence-corrected chi connectivity index (χ0v) is 8.55. The van der Waals surface area contributed by atoms with Gasteiger partial charge in [-0.2, -0.15) is 5.26 Å². The highest BCUT2D eigenvalue weighted by molar-refractivity contribution is 5.15. The molecule has 0 spiro atoms. The van der Waals surface area contributed by atoms with E-state index in [1.807, 2.05) is 0 Å². The van der Waals surface area contributed by atoms with E-state index in [4.69, 9.17) is 10.00 Å². The molecule has 5 nitrogen and oxygen atoms in total. The Labute approximate surface area is 87.9 Å². The number of aryl methyl sites for hydroxylation is 1. The number of ether oxygens (including phenoxy) is 1. The van der Waals surface area contributed by atoms with Gasteiger partial charge in [0.05, 0.1) is 30.9 Å². The highest BCUT2D eigenvalue weighted by Gasteiger charge is 2.44. The number of hydrogen-bond donors (Lipinski definition) is 1. The third-order valence-electron chi connectivity index (χ3n) is 2.93. The van der Waals surface area contributed by atoms with Crippen LogP contribution in [0, 0.1) is 16.7 Å². The molecule has 0 radical (unpaired) electrons. The molecule has 1 saturated heterocycles. The second-order valence-corrected chi connectivity index (χ2v) is 3.90. The zero-order valence-electron chi connectivity index (χ0n) is 8.55. The van der Waals surface area contributed by atoms with Gasteiger partial charge in [-0.25, -0.2) is 4.98 Å². The monoisotopic (exact) mass is 207 g/mol. The van der Waals surface area contributed by atoms with Crippen LogP contribution in [-0.2, 0) is 11.8 Å². The maximum Gasteiger partial charge on any atom is 0.116 e. The summed E-state index contributed by atoms with van der Waals surface area (Å²) in [5.41, 5.74) is -0.157. The van der Waals surface area contributed by atoms with Crippen molar-refractivity contribution in [3.8, 4) is 6.07 Å². The topological polar surface area (TPSA) is 71.1 Å². The molecule has 1 aliphatic heterocycles. The van der Waals surface area contributed by atoms with Crippen molar-refractivity contribution in [1.82, 2.24) is 9.55 Å². The fourth-order valence-electron chi connectivity index (χ4n) is 1.86. The van der Waals surface area contributed by atoms with E-state index in [-0.39, 0.29) is 6.61 Å². The van der Waals surface area contributed by atoms with Gasteiger partial charge in [0.2, 0.25) is 0 Å². The highest BCUT2D eigenvalue weighted by atomic mass is 16.5. The van der Waals surface area contributed by atoms with Crippen LogP contribution < -0.4 is 0 Å². The van der Waals surface area contributed by atoms with E-state index < -0.39 is 11.5 Å². The number of aliphatic hydroxyl groups is 1. The summed E-state index contributed by atoms with van der Waals surface area (Å²) in [6.07, 6.45) is 2.93. The predicted molar refractivity (Wildman–Crippen MR) is 51.6 cm³/mol. The molecule has 0 bridgehead atoms. The van der Waals surface area contributed by atoms with Crippen LogP contribution in [0.4, 0.5) is 0 Å². The van der Waals surface area contributed by atoms with Crippen LogP contribution in [0.15, 0.2) is 12.5 Å². The second kappa shape index (κ2) is 3.65. The Kier molecular flexibility index (Phi) is 2.47. The minimum Gasteiger partial charge on any atom is -0.385 e. The largest absolute Gasteiger partial charge is 0.385 e. The first kappa shape index (κ1) is 10.1. The molecular formula is C10H13N3O2. The van der Waals surface area contributed by atoms with Crippen LogP contribution in [-0.4, -0.2) is 27.9 Å². The van der Waals surface area contributed by atoms with E-state index in [9.17, 15) is 5.11 Å². The molecule has 0 saturated carbocycles. The predicted octanol–water partition coefficient (Wildman–Crippen LogP) is 0.384. The van der Waals surface area contributed by atoms with Crippen molar-refractivity contribution in [2.24, 2.45) is 12.5 Å². The van der Waals surface area contributed by atoms with Gasteiger partial charge in [-0.15, -0.1) is 0 Å². The van der Waals surface area contributed by atoms with E-state index in [0.29, 0.717) is 18.7 Å². The lowest BCUT2D eigenvalue weighted by Crippen LogP contribution is -2.29. The number of hydrogen-bond acceptors (Lipinski definition) is 4. The summed E-state index contributed by atoms with van der Waals surface area (Å²) in [6.45, 7) is 0.818. The molecule has 1 aromatic heterocycles. The number of nitriles is 1. The van der Waals surface area contributed by atoms with E-state index in [2.05, 4.69) is 11.1 Å². The summed E-state index contributed by atoms with van der Waals surface area (Å²) in [5, 5.41) is 19.3. The molecule has 1 N–H and O–H groups in total. The first-order chi connectivity index (χ1) is 7.19. The van der Waals surface area contributed by atoms with Crippen LogP contribution in [0.3, 0.4) is 0 Å². The van der Waals surface area contributed by atoms with E-state index in [1.165, 1.54) is 0 Å². The Morgan fingerprint density at radius 2 is 2.60 bits per heavy atom. The molecule has 0 aromatic carbocycles. The number of nitrogens with zero attached hydrogens (tertiary/aromatic N) is 3. The van der Waals surface area contributed by atoms with Gasteiger partial charge in [-0.05, 0) is 6.42 Å². The molecule has 0 amide bonds. The van der Waals surface area contributed by atoms with Crippen molar-refractivity contribution in [2.45, 2.75) is 12.5 Å². The second-order valence-electron chi connectivity index (χ2n) is 3.90. The smallest absolute Gasteiger partial charge is 0.116 e. The van der Waals surface area contributed by atoms with E-state index in [1.54, 1.807) is 24.1 Å². The Hall–Kier alpha value is -1.38. The number of imidazole rings is 1. The molecule has 0 aliphatic carbocycles. The van der Waals surface area contributed by atoms with Crippen molar-refractivity contribution >= 4 is 0 Å². The van der Waals surface area contributed by atoms with Gasteiger partial charge in [0.25, 0.3) is 0 Å². The van der Waals surface area contributed by atoms with Crippen LogP contribution in [0.5, 0.6) is 0 Å². The molecule has 15 heavy (non-hydrogen) atoms. The Balaban J connectivity index is 2.31. The van der Waals surface area contributed by atoms with Crippen LogP contribution in [0.2, 0.25) is 0 Å². The molecule has 1 aliphatic rings. The third kappa shape index (κ3) is 1.52. The maximum absolute atomic E-state index is 10.2. The SMILES string of the molecule is Cn1cncc1C(O)C1(C#N)CCOC1. The van der Waals surface area contributed by atoms with Gasteiger partial charge in [0, 0.05) is 13.7 Å². The molecule has 5 heteroatoms. The Morgan fingerprint density at radius 3 is 3.07 bits per heavy atom. The normalized spacial score (nSPS) is 27.5. The van der Waals surface area contributed by atoms with Gasteiger partial charge in [0.15, 0.2) is 0 Å². The first-order valence-electron chi connectivity index (χ1n) is 4.83. The molecule has 80 valence electrons. The van der Waals surface area contributed by atoms with Gasteiger partial charge in [-0.1, -0.05) is 0 Å². The van der Waals surface area contributed by atoms with Crippen molar-refractivity contribution in [1.29, 1.82) is 5.26 Å². The van der Waals surface area contributed by atoms with Gasteiger partial charge < -0.3 is 14.4 Å². The van der Waals surface area contributed by atoms with E-state index in [0.717, 1.165) is 0 Å². The van der Waals surface area contributed by atoms with Crippen LogP contribution >= 0.6 is 0 Å². The Morgan fingerprint density at radius 1 is 1.80 bits per heavy atom.